The Morgan fingerprint density at radius 2 is 2.45 bits per heavy atom. The van der Waals surface area contributed by atoms with Crippen LogP contribution in [0.1, 0.15) is 19.5 Å². The van der Waals surface area contributed by atoms with Crippen molar-refractivity contribution in [2.45, 2.75) is 25.9 Å². The fraction of sp³-hybridized carbons (Fsp3) is 0.625. The second-order valence-electron chi connectivity index (χ2n) is 3.49. The van der Waals surface area contributed by atoms with Gasteiger partial charge in [0.2, 0.25) is 0 Å². The molecular formula is C8H13N3. The van der Waals surface area contributed by atoms with Crippen molar-refractivity contribution in [1.29, 1.82) is 0 Å². The second kappa shape index (κ2) is 2.08. The van der Waals surface area contributed by atoms with E-state index >= 15 is 0 Å². The molecule has 3 heteroatoms. The third-order valence-electron chi connectivity index (χ3n) is 2.25. The van der Waals surface area contributed by atoms with Crippen molar-refractivity contribution < 1.29 is 0 Å². The molecule has 1 N–H and O–H groups in total. The fourth-order valence-corrected chi connectivity index (χ4v) is 1.61. The van der Waals surface area contributed by atoms with Gasteiger partial charge in [-0.05, 0) is 19.9 Å². The summed E-state index contributed by atoms with van der Waals surface area (Å²) in [6.07, 6.45) is 1.87. The standard InChI is InChI=1S/C8H13N3/c1-8(2)7-3-4-10-11(7)6-5-9-8/h3-4,9H,5-6H2,1-2H3. The summed E-state index contributed by atoms with van der Waals surface area (Å²) in [7, 11) is 0. The van der Waals surface area contributed by atoms with Crippen molar-refractivity contribution in [1.82, 2.24) is 15.1 Å². The van der Waals surface area contributed by atoms with Crippen molar-refractivity contribution in [2.24, 2.45) is 0 Å². The number of rotatable bonds is 0. The molecule has 0 fully saturated rings. The Hall–Kier alpha value is -0.830. The van der Waals surface area contributed by atoms with Crippen molar-refractivity contribution in [3.8, 4) is 0 Å². The average molecular weight is 151 g/mol. The maximum absolute atomic E-state index is 4.23. The molecule has 0 radical (unpaired) electrons. The summed E-state index contributed by atoms with van der Waals surface area (Å²) in [5.41, 5.74) is 1.37. The van der Waals surface area contributed by atoms with E-state index in [1.165, 1.54) is 5.69 Å². The average Bonchev–Trinajstić information content (AvgIpc) is 2.34. The van der Waals surface area contributed by atoms with Crippen LogP contribution in [0.15, 0.2) is 12.3 Å². The molecule has 0 atom stereocenters. The molecule has 1 aliphatic rings. The lowest BCUT2D eigenvalue weighted by Gasteiger charge is -2.31. The van der Waals surface area contributed by atoms with E-state index in [0.717, 1.165) is 13.1 Å². The zero-order chi connectivity index (χ0) is 7.90. The molecule has 0 saturated heterocycles. The molecule has 0 aromatic carbocycles. The normalized spacial score (nSPS) is 21.3. The van der Waals surface area contributed by atoms with Crippen LogP contribution in [0.5, 0.6) is 0 Å². The van der Waals surface area contributed by atoms with E-state index in [1.54, 1.807) is 0 Å². The van der Waals surface area contributed by atoms with Gasteiger partial charge in [0.05, 0.1) is 17.8 Å². The second-order valence-corrected chi connectivity index (χ2v) is 3.49. The van der Waals surface area contributed by atoms with Gasteiger partial charge in [0, 0.05) is 12.7 Å². The highest BCUT2D eigenvalue weighted by molar-refractivity contribution is 5.14. The van der Waals surface area contributed by atoms with Gasteiger partial charge in [-0.1, -0.05) is 0 Å². The van der Waals surface area contributed by atoms with Gasteiger partial charge in [0.15, 0.2) is 0 Å². The third-order valence-corrected chi connectivity index (χ3v) is 2.25. The fourth-order valence-electron chi connectivity index (χ4n) is 1.61. The van der Waals surface area contributed by atoms with Crippen molar-refractivity contribution in [3.63, 3.8) is 0 Å². The Bertz CT molecular complexity index is 262. The molecular weight excluding hydrogens is 138 g/mol. The number of nitrogens with one attached hydrogen (secondary N) is 1. The van der Waals surface area contributed by atoms with Crippen LogP contribution in [0.2, 0.25) is 0 Å². The van der Waals surface area contributed by atoms with E-state index < -0.39 is 0 Å². The number of nitrogens with zero attached hydrogens (tertiary/aromatic N) is 2. The lowest BCUT2D eigenvalue weighted by Crippen LogP contribution is -2.44. The lowest BCUT2D eigenvalue weighted by atomic mass is 9.99. The first-order valence-corrected chi connectivity index (χ1v) is 3.97. The summed E-state index contributed by atoms with van der Waals surface area (Å²) < 4.78 is 2.07. The van der Waals surface area contributed by atoms with Gasteiger partial charge in [-0.25, -0.2) is 0 Å². The molecule has 0 bridgehead atoms. The zero-order valence-corrected chi connectivity index (χ0v) is 6.96. The van der Waals surface area contributed by atoms with Gasteiger partial charge in [-0.2, -0.15) is 5.10 Å². The van der Waals surface area contributed by atoms with Crippen molar-refractivity contribution in [3.05, 3.63) is 18.0 Å². The van der Waals surface area contributed by atoms with Crippen LogP contribution in [0.4, 0.5) is 0 Å². The number of hydrogen-bond acceptors (Lipinski definition) is 2. The van der Waals surface area contributed by atoms with E-state index in [2.05, 4.69) is 35.0 Å². The summed E-state index contributed by atoms with van der Waals surface area (Å²) in [4.78, 5) is 0. The maximum atomic E-state index is 4.23. The largest absolute Gasteiger partial charge is 0.305 e. The highest BCUT2D eigenvalue weighted by Crippen LogP contribution is 2.21. The van der Waals surface area contributed by atoms with Gasteiger partial charge in [-0.15, -0.1) is 0 Å². The molecule has 2 heterocycles. The van der Waals surface area contributed by atoms with Crippen LogP contribution in [0, 0.1) is 0 Å². The third kappa shape index (κ3) is 0.959. The number of fused-ring (bicyclic) bond motifs is 1. The molecule has 1 aromatic rings. The van der Waals surface area contributed by atoms with E-state index in [4.69, 9.17) is 0 Å². The summed E-state index contributed by atoms with van der Waals surface area (Å²) in [5, 5.41) is 7.67. The van der Waals surface area contributed by atoms with E-state index in [9.17, 15) is 0 Å². The highest BCUT2D eigenvalue weighted by atomic mass is 15.3. The Labute approximate surface area is 66.4 Å². The smallest absolute Gasteiger partial charge is 0.0579 e. The zero-order valence-electron chi connectivity index (χ0n) is 6.96. The predicted molar refractivity (Wildman–Crippen MR) is 43.3 cm³/mol. The van der Waals surface area contributed by atoms with Gasteiger partial charge in [-0.3, -0.25) is 4.68 Å². The van der Waals surface area contributed by atoms with Crippen LogP contribution in [0.3, 0.4) is 0 Å². The summed E-state index contributed by atoms with van der Waals surface area (Å²) in [5.74, 6) is 0. The summed E-state index contributed by atoms with van der Waals surface area (Å²) >= 11 is 0. The molecule has 3 nitrogen and oxygen atoms in total. The summed E-state index contributed by atoms with van der Waals surface area (Å²) in [6, 6.07) is 2.08. The minimum absolute atomic E-state index is 0.0920. The molecule has 0 spiro atoms. The van der Waals surface area contributed by atoms with Crippen molar-refractivity contribution >= 4 is 0 Å². The number of aromatic nitrogens is 2. The molecule has 60 valence electrons. The number of hydrogen-bond donors (Lipinski definition) is 1. The van der Waals surface area contributed by atoms with Crippen molar-refractivity contribution in [2.75, 3.05) is 6.54 Å². The minimum atomic E-state index is 0.0920. The Morgan fingerprint density at radius 1 is 1.64 bits per heavy atom. The molecule has 0 unspecified atom stereocenters. The topological polar surface area (TPSA) is 29.9 Å². The summed E-state index contributed by atoms with van der Waals surface area (Å²) in [6.45, 7) is 6.37. The Kier molecular flexibility index (Phi) is 1.29. The molecule has 1 aliphatic heterocycles. The Morgan fingerprint density at radius 3 is 3.18 bits per heavy atom. The first-order chi connectivity index (χ1) is 5.20. The van der Waals surface area contributed by atoms with Crippen LogP contribution in [-0.2, 0) is 12.1 Å². The monoisotopic (exact) mass is 151 g/mol. The molecule has 0 saturated carbocycles. The minimum Gasteiger partial charge on any atom is -0.305 e. The lowest BCUT2D eigenvalue weighted by molar-refractivity contribution is 0.311. The van der Waals surface area contributed by atoms with Crippen LogP contribution >= 0.6 is 0 Å². The highest BCUT2D eigenvalue weighted by Gasteiger charge is 2.26. The van der Waals surface area contributed by atoms with E-state index in [1.807, 2.05) is 6.20 Å². The van der Waals surface area contributed by atoms with E-state index in [0.29, 0.717) is 0 Å². The quantitative estimate of drug-likeness (QED) is 0.592. The molecule has 1 aromatic heterocycles. The maximum Gasteiger partial charge on any atom is 0.0579 e. The first kappa shape index (κ1) is 6.85. The van der Waals surface area contributed by atoms with Gasteiger partial charge < -0.3 is 5.32 Å². The molecule has 0 amide bonds. The van der Waals surface area contributed by atoms with Gasteiger partial charge in [0.1, 0.15) is 0 Å². The Balaban J connectivity index is 2.48. The molecule has 0 aliphatic carbocycles. The van der Waals surface area contributed by atoms with Gasteiger partial charge >= 0.3 is 0 Å². The van der Waals surface area contributed by atoms with E-state index in [-0.39, 0.29) is 5.54 Å². The van der Waals surface area contributed by atoms with Crippen LogP contribution in [0.25, 0.3) is 0 Å². The van der Waals surface area contributed by atoms with Crippen LogP contribution < -0.4 is 5.32 Å². The first-order valence-electron chi connectivity index (χ1n) is 3.97. The SMILES string of the molecule is CC1(C)NCCn2nccc21. The van der Waals surface area contributed by atoms with Gasteiger partial charge in [0.25, 0.3) is 0 Å². The molecule has 2 rings (SSSR count). The predicted octanol–water partition coefficient (Wildman–Crippen LogP) is 0.721. The van der Waals surface area contributed by atoms with Crippen LogP contribution in [-0.4, -0.2) is 16.3 Å². The molecule has 11 heavy (non-hydrogen) atoms.